The Labute approximate surface area is 184 Å². The molecule has 154 valence electrons. The second-order valence-electron chi connectivity index (χ2n) is 7.83. The van der Waals surface area contributed by atoms with Gasteiger partial charge in [0, 0.05) is 29.5 Å². The summed E-state index contributed by atoms with van der Waals surface area (Å²) in [6, 6.07) is 21.5. The highest BCUT2D eigenvalue weighted by Crippen LogP contribution is 2.48. The van der Waals surface area contributed by atoms with Crippen molar-refractivity contribution in [1.82, 2.24) is 20.3 Å². The first-order valence-electron chi connectivity index (χ1n) is 10.4. The van der Waals surface area contributed by atoms with Gasteiger partial charge in [-0.05, 0) is 52.1 Å². The summed E-state index contributed by atoms with van der Waals surface area (Å²) >= 11 is 0. The fourth-order valence-corrected chi connectivity index (χ4v) is 4.58. The number of anilines is 1. The minimum absolute atomic E-state index is 0.135. The molecule has 0 radical (unpaired) electrons. The maximum Gasteiger partial charge on any atom is 0.252 e. The van der Waals surface area contributed by atoms with E-state index < -0.39 is 0 Å². The van der Waals surface area contributed by atoms with Gasteiger partial charge in [-0.3, -0.25) is 4.79 Å². The van der Waals surface area contributed by atoms with E-state index in [0.717, 1.165) is 38.8 Å². The second kappa shape index (κ2) is 7.06. The number of nitrogen functional groups attached to an aromatic ring is 1. The first-order valence-corrected chi connectivity index (χ1v) is 10.4. The zero-order valence-corrected chi connectivity index (χ0v) is 17.0. The van der Waals surface area contributed by atoms with Crippen molar-refractivity contribution in [2.45, 2.75) is 6.04 Å². The van der Waals surface area contributed by atoms with Gasteiger partial charge >= 0.3 is 0 Å². The van der Waals surface area contributed by atoms with E-state index in [9.17, 15) is 4.79 Å². The van der Waals surface area contributed by atoms with Crippen LogP contribution in [0.3, 0.4) is 0 Å². The lowest BCUT2D eigenvalue weighted by atomic mass is 9.95. The lowest BCUT2D eigenvalue weighted by molar-refractivity contribution is 0.0945. The van der Waals surface area contributed by atoms with E-state index in [1.54, 1.807) is 30.7 Å². The van der Waals surface area contributed by atoms with Gasteiger partial charge in [0.25, 0.3) is 5.91 Å². The Morgan fingerprint density at radius 2 is 1.75 bits per heavy atom. The van der Waals surface area contributed by atoms with Crippen LogP contribution in [0.15, 0.2) is 85.3 Å². The fourth-order valence-electron chi connectivity index (χ4n) is 4.58. The molecule has 5 aromatic rings. The molecular formula is C26H19N5O. The summed E-state index contributed by atoms with van der Waals surface area (Å²) in [5.74, 6) is 0.351. The standard InChI is InChI=1S/C26H19N5O/c27-22-9-8-15(14-30-22)16-6-3-7-21-23(16)17-4-1-2-5-18(17)24(21)31-26(32)20-11-13-29-25-19(20)10-12-28-25/h1-14,24H,(H2,27,30)(H,28,29)(H,31,32). The number of nitrogens with two attached hydrogens (primary N) is 1. The molecule has 1 unspecified atom stereocenters. The average molecular weight is 417 g/mol. The second-order valence-corrected chi connectivity index (χ2v) is 7.83. The van der Waals surface area contributed by atoms with Crippen LogP contribution in [0.1, 0.15) is 27.5 Å². The summed E-state index contributed by atoms with van der Waals surface area (Å²) in [5, 5.41) is 4.06. The normalized spacial score (nSPS) is 14.2. The van der Waals surface area contributed by atoms with Crippen molar-refractivity contribution < 1.29 is 4.79 Å². The summed E-state index contributed by atoms with van der Waals surface area (Å²) in [7, 11) is 0. The predicted molar refractivity (Wildman–Crippen MR) is 125 cm³/mol. The van der Waals surface area contributed by atoms with Gasteiger partial charge in [-0.1, -0.05) is 42.5 Å². The predicted octanol–water partition coefficient (Wildman–Crippen LogP) is 4.71. The van der Waals surface area contributed by atoms with Crippen LogP contribution in [0.5, 0.6) is 0 Å². The number of hydrogen-bond acceptors (Lipinski definition) is 4. The quantitative estimate of drug-likeness (QED) is 0.396. The molecule has 4 N–H and O–H groups in total. The van der Waals surface area contributed by atoms with E-state index in [0.29, 0.717) is 17.0 Å². The lowest BCUT2D eigenvalue weighted by Crippen LogP contribution is -2.28. The van der Waals surface area contributed by atoms with Crippen molar-refractivity contribution >= 4 is 22.8 Å². The fraction of sp³-hybridized carbons (Fsp3) is 0.0385. The van der Waals surface area contributed by atoms with Crippen molar-refractivity contribution in [3.05, 3.63) is 102 Å². The van der Waals surface area contributed by atoms with Gasteiger partial charge in [0.05, 0.1) is 11.6 Å². The molecule has 1 aliphatic carbocycles. The van der Waals surface area contributed by atoms with Crippen molar-refractivity contribution in [3.8, 4) is 22.3 Å². The summed E-state index contributed by atoms with van der Waals surface area (Å²) < 4.78 is 0. The molecule has 3 aromatic heterocycles. The number of amides is 1. The maximum absolute atomic E-state index is 13.3. The molecule has 1 aliphatic rings. The Kier molecular flexibility index (Phi) is 4.04. The lowest BCUT2D eigenvalue weighted by Gasteiger charge is -2.17. The summed E-state index contributed by atoms with van der Waals surface area (Å²) in [5.41, 5.74) is 13.5. The Balaban J connectivity index is 1.47. The van der Waals surface area contributed by atoms with E-state index >= 15 is 0 Å². The molecule has 0 bridgehead atoms. The van der Waals surface area contributed by atoms with E-state index in [1.165, 1.54) is 0 Å². The summed E-state index contributed by atoms with van der Waals surface area (Å²) in [6.07, 6.45) is 5.23. The largest absolute Gasteiger partial charge is 0.384 e. The molecule has 0 saturated heterocycles. The van der Waals surface area contributed by atoms with Crippen LogP contribution in [-0.2, 0) is 0 Å². The van der Waals surface area contributed by atoms with Crippen LogP contribution in [0.25, 0.3) is 33.3 Å². The first-order chi connectivity index (χ1) is 15.7. The third-order valence-electron chi connectivity index (χ3n) is 6.03. The number of rotatable bonds is 3. The van der Waals surface area contributed by atoms with Crippen molar-refractivity contribution in [2.75, 3.05) is 5.73 Å². The zero-order valence-electron chi connectivity index (χ0n) is 17.0. The zero-order chi connectivity index (χ0) is 21.7. The number of pyridine rings is 2. The Morgan fingerprint density at radius 3 is 2.62 bits per heavy atom. The van der Waals surface area contributed by atoms with Crippen LogP contribution in [0, 0.1) is 0 Å². The highest BCUT2D eigenvalue weighted by Gasteiger charge is 2.32. The molecule has 0 aliphatic heterocycles. The molecule has 0 saturated carbocycles. The van der Waals surface area contributed by atoms with Crippen molar-refractivity contribution in [1.29, 1.82) is 0 Å². The van der Waals surface area contributed by atoms with E-state index in [1.807, 2.05) is 30.3 Å². The number of carbonyl (C=O) groups excluding carboxylic acids is 1. The number of aromatic nitrogens is 3. The molecule has 0 spiro atoms. The third-order valence-corrected chi connectivity index (χ3v) is 6.03. The van der Waals surface area contributed by atoms with Crippen LogP contribution in [-0.4, -0.2) is 20.9 Å². The van der Waals surface area contributed by atoms with Crippen molar-refractivity contribution in [3.63, 3.8) is 0 Å². The Morgan fingerprint density at radius 1 is 0.906 bits per heavy atom. The number of nitrogens with zero attached hydrogens (tertiary/aromatic N) is 2. The maximum atomic E-state index is 13.3. The number of nitrogens with one attached hydrogen (secondary N) is 2. The molecule has 2 aromatic carbocycles. The van der Waals surface area contributed by atoms with Crippen LogP contribution < -0.4 is 11.1 Å². The van der Waals surface area contributed by atoms with Crippen LogP contribution in [0.4, 0.5) is 5.82 Å². The summed E-state index contributed by atoms with van der Waals surface area (Å²) in [6.45, 7) is 0. The number of benzene rings is 2. The SMILES string of the molecule is Nc1ccc(-c2cccc3c2-c2ccccc2C3NC(=O)c2ccnc3[nH]ccc23)cn1. The smallest absolute Gasteiger partial charge is 0.252 e. The number of hydrogen-bond donors (Lipinski definition) is 3. The van der Waals surface area contributed by atoms with Gasteiger partial charge in [-0.2, -0.15) is 0 Å². The minimum atomic E-state index is -0.252. The molecule has 32 heavy (non-hydrogen) atoms. The third kappa shape index (κ3) is 2.77. The first kappa shape index (κ1) is 18.3. The molecule has 0 fully saturated rings. The van der Waals surface area contributed by atoms with E-state index in [2.05, 4.69) is 44.5 Å². The Hall–Kier alpha value is -4.45. The van der Waals surface area contributed by atoms with Gasteiger partial charge in [0.15, 0.2) is 0 Å². The van der Waals surface area contributed by atoms with Gasteiger partial charge in [0.1, 0.15) is 11.5 Å². The van der Waals surface area contributed by atoms with Gasteiger partial charge in [-0.25, -0.2) is 9.97 Å². The number of carbonyl (C=O) groups is 1. The number of aromatic amines is 1. The van der Waals surface area contributed by atoms with Crippen molar-refractivity contribution in [2.24, 2.45) is 0 Å². The molecule has 1 amide bonds. The van der Waals surface area contributed by atoms with Gasteiger partial charge in [-0.15, -0.1) is 0 Å². The molecule has 6 nitrogen and oxygen atoms in total. The number of H-pyrrole nitrogens is 1. The summed E-state index contributed by atoms with van der Waals surface area (Å²) in [4.78, 5) is 25.0. The molecule has 6 rings (SSSR count). The average Bonchev–Trinajstić information content (AvgIpc) is 3.43. The topological polar surface area (TPSA) is 96.7 Å². The van der Waals surface area contributed by atoms with E-state index in [-0.39, 0.29) is 11.9 Å². The molecular weight excluding hydrogens is 398 g/mol. The highest BCUT2D eigenvalue weighted by atomic mass is 16.1. The van der Waals surface area contributed by atoms with Crippen LogP contribution in [0.2, 0.25) is 0 Å². The molecule has 3 heterocycles. The minimum Gasteiger partial charge on any atom is -0.384 e. The molecule has 1 atom stereocenters. The van der Waals surface area contributed by atoms with E-state index in [4.69, 9.17) is 5.73 Å². The van der Waals surface area contributed by atoms with Gasteiger partial charge in [0.2, 0.25) is 0 Å². The van der Waals surface area contributed by atoms with Gasteiger partial charge < -0.3 is 16.0 Å². The monoisotopic (exact) mass is 417 g/mol. The molecule has 6 heteroatoms. The Bertz CT molecular complexity index is 1490. The number of fused-ring (bicyclic) bond motifs is 4. The highest BCUT2D eigenvalue weighted by molar-refractivity contribution is 6.06. The van der Waals surface area contributed by atoms with Crippen LogP contribution >= 0.6 is 0 Å².